The van der Waals surface area contributed by atoms with E-state index < -0.39 is 28.7 Å². The van der Waals surface area contributed by atoms with Gasteiger partial charge in [-0.3, -0.25) is 20.4 Å². The number of nitrogens with zero attached hydrogens (tertiary/aromatic N) is 3. The Labute approximate surface area is 96.8 Å². The molecule has 17 heavy (non-hydrogen) atoms. The zero-order valence-electron chi connectivity index (χ0n) is 9.31. The summed E-state index contributed by atoms with van der Waals surface area (Å²) < 4.78 is 12.4. The molecule has 0 saturated carbocycles. The Bertz CT molecular complexity index is 424. The van der Waals surface area contributed by atoms with Gasteiger partial charge in [0.05, 0.1) is 4.92 Å². The van der Waals surface area contributed by atoms with E-state index in [0.29, 0.717) is 13.1 Å². The molecule has 1 saturated heterocycles. The quantitative estimate of drug-likeness (QED) is 0.551. The maximum absolute atomic E-state index is 12.4. The van der Waals surface area contributed by atoms with Crippen LogP contribution < -0.4 is 0 Å². The van der Waals surface area contributed by atoms with Crippen molar-refractivity contribution in [2.45, 2.75) is 12.6 Å². The molecular weight excluding hydrogens is 231 g/mol. The lowest BCUT2D eigenvalue weighted by Gasteiger charge is -2.34. The van der Waals surface area contributed by atoms with E-state index in [0.717, 1.165) is 0 Å². The highest BCUT2D eigenvalue weighted by molar-refractivity contribution is 5.98. The third kappa shape index (κ3) is 1.33. The van der Waals surface area contributed by atoms with Crippen molar-refractivity contribution in [1.29, 1.82) is 5.41 Å². The summed E-state index contributed by atoms with van der Waals surface area (Å²) in [6.07, 6.45) is 0. The summed E-state index contributed by atoms with van der Waals surface area (Å²) >= 11 is 0. The van der Waals surface area contributed by atoms with Crippen molar-refractivity contribution < 1.29 is 14.4 Å². The van der Waals surface area contributed by atoms with E-state index in [9.17, 15) is 19.6 Å². The van der Waals surface area contributed by atoms with Crippen molar-refractivity contribution in [3.05, 3.63) is 21.6 Å². The van der Waals surface area contributed by atoms with Crippen LogP contribution in [0.25, 0.3) is 0 Å². The Kier molecular flexibility index (Phi) is 2.53. The van der Waals surface area contributed by atoms with Gasteiger partial charge in [0, 0.05) is 19.6 Å². The molecule has 94 valence electrons. The average molecular weight is 244 g/mol. The molecule has 0 bridgehead atoms. The lowest BCUT2D eigenvalue weighted by molar-refractivity contribution is -0.418. The monoisotopic (exact) mass is 244 g/mol. The van der Waals surface area contributed by atoms with Crippen LogP contribution >= 0.6 is 0 Å². The van der Waals surface area contributed by atoms with Crippen LogP contribution in [0.2, 0.25) is 0 Å². The number of aliphatic hydroxyl groups excluding tert-OH is 1. The summed E-state index contributed by atoms with van der Waals surface area (Å²) in [5.74, 6) is -0.783. The van der Waals surface area contributed by atoms with E-state index in [1.807, 2.05) is 0 Å². The number of nitrogens with one attached hydrogen (secondary N) is 1. The fourth-order valence-corrected chi connectivity index (χ4v) is 2.50. The number of hydrogen-bond acceptors (Lipinski definition) is 5. The Balaban J connectivity index is 2.45. The topological polar surface area (TPSA) is 93.7 Å². The first-order chi connectivity index (χ1) is 7.94. The van der Waals surface area contributed by atoms with Gasteiger partial charge in [-0.2, -0.15) is 0 Å². The molecule has 2 heterocycles. The van der Waals surface area contributed by atoms with E-state index in [1.165, 1.54) is 4.90 Å². The Hall–Kier alpha value is -1.70. The van der Waals surface area contributed by atoms with Gasteiger partial charge < -0.3 is 10.0 Å². The molecule has 7 nitrogen and oxygen atoms in total. The second-order valence-electron chi connectivity index (χ2n) is 4.15. The molecular formula is C9H13FN4O3. The zero-order chi connectivity index (χ0) is 12.8. The molecule has 8 heteroatoms. The maximum Gasteiger partial charge on any atom is 0.351 e. The Morgan fingerprint density at radius 3 is 2.82 bits per heavy atom. The minimum Gasteiger partial charge on any atom is -0.503 e. The molecule has 2 N–H and O–H groups in total. The van der Waals surface area contributed by atoms with Gasteiger partial charge in [0.1, 0.15) is 6.67 Å². The van der Waals surface area contributed by atoms with Crippen LogP contribution in [0.4, 0.5) is 4.39 Å². The SMILES string of the molecule is CC12C(O)=C([N+](=O)[O-])C(=N)N1CCN2CCF. The van der Waals surface area contributed by atoms with Crippen molar-refractivity contribution in [1.82, 2.24) is 9.80 Å². The predicted molar refractivity (Wildman–Crippen MR) is 57.0 cm³/mol. The lowest BCUT2D eigenvalue weighted by Crippen LogP contribution is -2.51. The van der Waals surface area contributed by atoms with E-state index in [1.54, 1.807) is 11.8 Å². The van der Waals surface area contributed by atoms with Crippen molar-refractivity contribution in [2.24, 2.45) is 0 Å². The summed E-state index contributed by atoms with van der Waals surface area (Å²) in [7, 11) is 0. The molecule has 1 fully saturated rings. The van der Waals surface area contributed by atoms with Gasteiger partial charge in [-0.15, -0.1) is 0 Å². The van der Waals surface area contributed by atoms with Gasteiger partial charge >= 0.3 is 5.70 Å². The van der Waals surface area contributed by atoms with E-state index in [2.05, 4.69) is 0 Å². The number of rotatable bonds is 3. The van der Waals surface area contributed by atoms with Gasteiger partial charge in [0.15, 0.2) is 5.66 Å². The molecule has 2 aliphatic heterocycles. The van der Waals surface area contributed by atoms with Crippen molar-refractivity contribution in [2.75, 3.05) is 26.3 Å². The number of nitro groups is 1. The largest absolute Gasteiger partial charge is 0.503 e. The predicted octanol–water partition coefficient (Wildman–Crippen LogP) is 0.327. The van der Waals surface area contributed by atoms with Gasteiger partial charge in [-0.05, 0) is 6.92 Å². The standard InChI is InChI=1S/C9H13FN4O3/c1-9-7(15)6(14(16)17)8(11)13(9)5-4-12(9)3-2-10/h11,15H,2-5H2,1H3. The van der Waals surface area contributed by atoms with Crippen LogP contribution in [0, 0.1) is 15.5 Å². The Morgan fingerprint density at radius 2 is 2.29 bits per heavy atom. The van der Waals surface area contributed by atoms with Crippen molar-refractivity contribution in [3.8, 4) is 0 Å². The highest BCUT2D eigenvalue weighted by Gasteiger charge is 2.58. The van der Waals surface area contributed by atoms with Crippen LogP contribution in [0.1, 0.15) is 6.92 Å². The minimum absolute atomic E-state index is 0.0787. The van der Waals surface area contributed by atoms with Gasteiger partial charge in [-0.1, -0.05) is 0 Å². The summed E-state index contributed by atoms with van der Waals surface area (Å²) in [4.78, 5) is 13.1. The third-order valence-electron chi connectivity index (χ3n) is 3.44. The molecule has 0 aromatic heterocycles. The number of halogens is 1. The number of amidine groups is 1. The second kappa shape index (κ2) is 3.66. The Morgan fingerprint density at radius 1 is 1.65 bits per heavy atom. The zero-order valence-corrected chi connectivity index (χ0v) is 9.31. The maximum atomic E-state index is 12.4. The summed E-state index contributed by atoms with van der Waals surface area (Å²) in [6.45, 7) is 1.89. The molecule has 2 aliphatic rings. The molecule has 0 amide bonds. The van der Waals surface area contributed by atoms with E-state index >= 15 is 0 Å². The average Bonchev–Trinajstić information content (AvgIpc) is 2.66. The lowest BCUT2D eigenvalue weighted by atomic mass is 10.1. The number of aliphatic hydroxyl groups is 1. The molecule has 0 aromatic rings. The summed E-state index contributed by atoms with van der Waals surface area (Å²) in [6, 6.07) is 0. The highest BCUT2D eigenvalue weighted by atomic mass is 19.1. The second-order valence-corrected chi connectivity index (χ2v) is 4.15. The first kappa shape index (κ1) is 11.8. The third-order valence-corrected chi connectivity index (χ3v) is 3.44. The number of alkyl halides is 1. The van der Waals surface area contributed by atoms with Crippen LogP contribution in [0.15, 0.2) is 11.5 Å². The van der Waals surface area contributed by atoms with Crippen LogP contribution in [-0.4, -0.2) is 57.6 Å². The number of fused-ring (bicyclic) bond motifs is 1. The van der Waals surface area contributed by atoms with Crippen molar-refractivity contribution in [3.63, 3.8) is 0 Å². The van der Waals surface area contributed by atoms with Crippen molar-refractivity contribution >= 4 is 5.84 Å². The summed E-state index contributed by atoms with van der Waals surface area (Å²) in [5, 5.41) is 28.4. The normalized spacial score (nSPS) is 29.1. The fourth-order valence-electron chi connectivity index (χ4n) is 2.50. The van der Waals surface area contributed by atoms with Gasteiger partial charge in [0.2, 0.25) is 11.6 Å². The smallest absolute Gasteiger partial charge is 0.351 e. The molecule has 2 rings (SSSR count). The van der Waals surface area contributed by atoms with Gasteiger partial charge in [0.25, 0.3) is 0 Å². The first-order valence-corrected chi connectivity index (χ1v) is 5.20. The number of hydrogen-bond donors (Lipinski definition) is 2. The van der Waals surface area contributed by atoms with Crippen LogP contribution in [0.3, 0.4) is 0 Å². The summed E-state index contributed by atoms with van der Waals surface area (Å²) in [5.41, 5.74) is -1.73. The van der Waals surface area contributed by atoms with Crippen LogP contribution in [0.5, 0.6) is 0 Å². The molecule has 0 aliphatic carbocycles. The van der Waals surface area contributed by atoms with Crippen LogP contribution in [-0.2, 0) is 0 Å². The van der Waals surface area contributed by atoms with E-state index in [-0.39, 0.29) is 12.4 Å². The molecule has 1 atom stereocenters. The molecule has 0 aromatic carbocycles. The fraction of sp³-hybridized carbons (Fsp3) is 0.667. The molecule has 0 spiro atoms. The van der Waals surface area contributed by atoms with Gasteiger partial charge in [-0.25, -0.2) is 4.39 Å². The highest BCUT2D eigenvalue weighted by Crippen LogP contribution is 2.40. The molecule has 0 radical (unpaired) electrons. The molecule has 1 unspecified atom stereocenters. The minimum atomic E-state index is -1.15. The van der Waals surface area contributed by atoms with E-state index in [4.69, 9.17) is 5.41 Å². The first-order valence-electron chi connectivity index (χ1n) is 5.20.